The third-order valence-corrected chi connectivity index (χ3v) is 4.73. The SMILES string of the molecule is N#Cc1ccc(C2C[C@](O)(c3cccc(O)c3)c3cncn32)c(F)c1. The Kier molecular flexibility index (Phi) is 3.34. The smallest absolute Gasteiger partial charge is 0.133 e. The molecule has 0 saturated carbocycles. The van der Waals surface area contributed by atoms with Crippen molar-refractivity contribution >= 4 is 0 Å². The maximum Gasteiger partial charge on any atom is 0.133 e. The van der Waals surface area contributed by atoms with Crippen LogP contribution < -0.4 is 0 Å². The molecule has 4 rings (SSSR count). The van der Waals surface area contributed by atoms with Gasteiger partial charge in [0.15, 0.2) is 0 Å². The van der Waals surface area contributed by atoms with E-state index in [4.69, 9.17) is 5.26 Å². The lowest BCUT2D eigenvalue weighted by Gasteiger charge is -2.23. The van der Waals surface area contributed by atoms with Crippen LogP contribution in [0.3, 0.4) is 0 Å². The summed E-state index contributed by atoms with van der Waals surface area (Å²) in [7, 11) is 0. The highest BCUT2D eigenvalue weighted by molar-refractivity contribution is 5.42. The second-order valence-corrected chi connectivity index (χ2v) is 6.16. The molecule has 3 aromatic rings. The first-order chi connectivity index (χ1) is 12.0. The molecule has 124 valence electrons. The van der Waals surface area contributed by atoms with Crippen LogP contribution in [0.25, 0.3) is 0 Å². The molecule has 6 heteroatoms. The predicted molar refractivity (Wildman–Crippen MR) is 87.2 cm³/mol. The fourth-order valence-electron chi connectivity index (χ4n) is 3.51. The zero-order valence-electron chi connectivity index (χ0n) is 13.1. The fourth-order valence-corrected chi connectivity index (χ4v) is 3.51. The highest BCUT2D eigenvalue weighted by atomic mass is 19.1. The van der Waals surface area contributed by atoms with E-state index in [2.05, 4.69) is 4.98 Å². The minimum absolute atomic E-state index is 0.0463. The lowest BCUT2D eigenvalue weighted by Crippen LogP contribution is -2.24. The number of imidazole rings is 1. The summed E-state index contributed by atoms with van der Waals surface area (Å²) in [4.78, 5) is 4.09. The standard InChI is InChI=1S/C19H14FN3O2/c20-16-6-12(9-21)4-5-15(16)17-8-19(25,18-10-22-11-23(17)18)13-2-1-3-14(24)7-13/h1-7,10-11,17,24-25H,8H2/t17?,19-/m0/s1. The first-order valence-electron chi connectivity index (χ1n) is 7.76. The van der Waals surface area contributed by atoms with E-state index >= 15 is 0 Å². The van der Waals surface area contributed by atoms with E-state index in [1.165, 1.54) is 18.2 Å². The highest BCUT2D eigenvalue weighted by Crippen LogP contribution is 2.47. The Hall–Kier alpha value is -3.17. The summed E-state index contributed by atoms with van der Waals surface area (Å²) in [5.74, 6) is -0.450. The third kappa shape index (κ3) is 2.29. The third-order valence-electron chi connectivity index (χ3n) is 4.73. The van der Waals surface area contributed by atoms with Gasteiger partial charge >= 0.3 is 0 Å². The van der Waals surface area contributed by atoms with Crippen molar-refractivity contribution in [1.82, 2.24) is 9.55 Å². The number of nitrogens with zero attached hydrogens (tertiary/aromatic N) is 3. The van der Waals surface area contributed by atoms with Crippen LogP contribution in [0.4, 0.5) is 4.39 Å². The summed E-state index contributed by atoms with van der Waals surface area (Å²) >= 11 is 0. The zero-order chi connectivity index (χ0) is 17.6. The van der Waals surface area contributed by atoms with Gasteiger partial charge in [0, 0.05) is 12.0 Å². The van der Waals surface area contributed by atoms with Crippen LogP contribution >= 0.6 is 0 Å². The largest absolute Gasteiger partial charge is 0.508 e. The minimum atomic E-state index is -1.39. The lowest BCUT2D eigenvalue weighted by atomic mass is 9.86. The Balaban J connectivity index is 1.83. The van der Waals surface area contributed by atoms with Gasteiger partial charge in [-0.1, -0.05) is 18.2 Å². The van der Waals surface area contributed by atoms with Crippen LogP contribution in [0.1, 0.15) is 34.8 Å². The second-order valence-electron chi connectivity index (χ2n) is 6.16. The summed E-state index contributed by atoms with van der Waals surface area (Å²) in [6, 6.07) is 12.2. The number of phenols is 1. The molecule has 0 saturated heterocycles. The van der Waals surface area contributed by atoms with Gasteiger partial charge in [0.05, 0.1) is 35.9 Å². The number of benzene rings is 2. The van der Waals surface area contributed by atoms with E-state index in [1.54, 1.807) is 41.4 Å². The maximum atomic E-state index is 14.5. The van der Waals surface area contributed by atoms with Crippen molar-refractivity contribution < 1.29 is 14.6 Å². The molecule has 0 radical (unpaired) electrons. The van der Waals surface area contributed by atoms with Gasteiger partial charge in [-0.2, -0.15) is 5.26 Å². The van der Waals surface area contributed by atoms with E-state index in [9.17, 15) is 14.6 Å². The number of halogens is 1. The zero-order valence-corrected chi connectivity index (χ0v) is 13.1. The number of fused-ring (bicyclic) bond motifs is 1. The van der Waals surface area contributed by atoms with Crippen molar-refractivity contribution in [1.29, 1.82) is 5.26 Å². The lowest BCUT2D eigenvalue weighted by molar-refractivity contribution is 0.0790. The van der Waals surface area contributed by atoms with Crippen LogP contribution in [0.15, 0.2) is 55.0 Å². The van der Waals surface area contributed by atoms with Crippen LogP contribution in [-0.4, -0.2) is 19.8 Å². The molecular formula is C19H14FN3O2. The normalized spacial score (nSPS) is 21.7. The van der Waals surface area contributed by atoms with Crippen molar-refractivity contribution in [2.45, 2.75) is 18.1 Å². The monoisotopic (exact) mass is 335 g/mol. The number of hydrogen-bond acceptors (Lipinski definition) is 4. The summed E-state index contributed by atoms with van der Waals surface area (Å²) in [5.41, 5.74) is 0.292. The van der Waals surface area contributed by atoms with Crippen LogP contribution in [0.5, 0.6) is 5.75 Å². The van der Waals surface area contributed by atoms with Gasteiger partial charge in [0.2, 0.25) is 0 Å². The molecule has 1 unspecified atom stereocenters. The Morgan fingerprint density at radius 1 is 1.28 bits per heavy atom. The molecule has 5 nitrogen and oxygen atoms in total. The highest BCUT2D eigenvalue weighted by Gasteiger charge is 2.45. The van der Waals surface area contributed by atoms with Gasteiger partial charge in [0.25, 0.3) is 0 Å². The van der Waals surface area contributed by atoms with Crippen LogP contribution in [-0.2, 0) is 5.60 Å². The molecule has 0 aliphatic carbocycles. The first-order valence-corrected chi connectivity index (χ1v) is 7.76. The van der Waals surface area contributed by atoms with E-state index in [-0.39, 0.29) is 17.7 Å². The van der Waals surface area contributed by atoms with E-state index < -0.39 is 17.5 Å². The Bertz CT molecular complexity index is 1010. The molecule has 0 bridgehead atoms. The average Bonchev–Trinajstić information content (AvgIpc) is 3.19. The molecule has 25 heavy (non-hydrogen) atoms. The van der Waals surface area contributed by atoms with Gasteiger partial charge in [-0.05, 0) is 29.8 Å². The molecule has 0 spiro atoms. The molecule has 2 heterocycles. The summed E-state index contributed by atoms with van der Waals surface area (Å²) in [6.07, 6.45) is 3.31. The van der Waals surface area contributed by atoms with Crippen molar-refractivity contribution in [3.05, 3.63) is 83.2 Å². The van der Waals surface area contributed by atoms with Crippen molar-refractivity contribution in [3.8, 4) is 11.8 Å². The number of rotatable bonds is 2. The first kappa shape index (κ1) is 15.4. The van der Waals surface area contributed by atoms with Crippen LogP contribution in [0, 0.1) is 17.1 Å². The van der Waals surface area contributed by atoms with Gasteiger partial charge in [-0.3, -0.25) is 0 Å². The molecular weight excluding hydrogens is 321 g/mol. The van der Waals surface area contributed by atoms with Gasteiger partial charge in [-0.25, -0.2) is 9.37 Å². The number of aromatic nitrogens is 2. The number of hydrogen-bond donors (Lipinski definition) is 2. The molecule has 1 aliphatic heterocycles. The minimum Gasteiger partial charge on any atom is -0.508 e. The second kappa shape index (κ2) is 5.43. The molecule has 2 aromatic carbocycles. The van der Waals surface area contributed by atoms with E-state index in [1.807, 2.05) is 6.07 Å². The average molecular weight is 335 g/mol. The maximum absolute atomic E-state index is 14.5. The van der Waals surface area contributed by atoms with Gasteiger partial charge in [-0.15, -0.1) is 0 Å². The number of nitriles is 1. The Labute approximate surface area is 143 Å². The van der Waals surface area contributed by atoms with Gasteiger partial charge < -0.3 is 14.8 Å². The Morgan fingerprint density at radius 3 is 2.84 bits per heavy atom. The number of phenolic OH excluding ortho intramolecular Hbond substituents is 1. The molecule has 2 N–H and O–H groups in total. The van der Waals surface area contributed by atoms with Crippen molar-refractivity contribution in [2.75, 3.05) is 0 Å². The van der Waals surface area contributed by atoms with Crippen molar-refractivity contribution in [2.24, 2.45) is 0 Å². The predicted octanol–water partition coefficient (Wildman–Crippen LogP) is 2.83. The van der Waals surface area contributed by atoms with Gasteiger partial charge in [0.1, 0.15) is 17.2 Å². The molecule has 2 atom stereocenters. The molecule has 0 fully saturated rings. The number of aromatic hydroxyl groups is 1. The molecule has 1 aliphatic rings. The number of aliphatic hydroxyl groups is 1. The Morgan fingerprint density at radius 2 is 2.12 bits per heavy atom. The van der Waals surface area contributed by atoms with E-state index in [0.29, 0.717) is 16.8 Å². The molecule has 1 aromatic heterocycles. The quantitative estimate of drug-likeness (QED) is 0.754. The van der Waals surface area contributed by atoms with E-state index in [0.717, 1.165) is 0 Å². The summed E-state index contributed by atoms with van der Waals surface area (Å²) in [5, 5.41) is 30.0. The van der Waals surface area contributed by atoms with Crippen LogP contribution in [0.2, 0.25) is 0 Å². The van der Waals surface area contributed by atoms with Crippen molar-refractivity contribution in [3.63, 3.8) is 0 Å². The topological polar surface area (TPSA) is 82.1 Å². The summed E-state index contributed by atoms with van der Waals surface area (Å²) in [6.45, 7) is 0. The fraction of sp³-hybridized carbons (Fsp3) is 0.158. The molecule has 0 amide bonds. The summed E-state index contributed by atoms with van der Waals surface area (Å²) < 4.78 is 16.2.